The number of nitrogens with one attached hydrogen (secondary N) is 1. The Morgan fingerprint density at radius 2 is 1.77 bits per heavy atom. The van der Waals surface area contributed by atoms with Crippen molar-refractivity contribution >= 4 is 0 Å². The van der Waals surface area contributed by atoms with Crippen molar-refractivity contribution in [3.05, 3.63) is 59.2 Å². The summed E-state index contributed by atoms with van der Waals surface area (Å²) < 4.78 is 6.00. The minimum atomic E-state index is 0.0261. The Hall–Kier alpha value is -1.64. The van der Waals surface area contributed by atoms with E-state index in [4.69, 9.17) is 4.74 Å². The standard InChI is InChI=1S/C20H23NO/c1-20(2,3)18-12-22-19(21-18)14-8-9-17-15(11-14)10-13-6-4-5-7-16(13)17/h4-9,11,18-19,21H,10,12H2,1-3H3/t18-,19+/m0/s1. The number of ether oxygens (including phenoxy) is 1. The molecular formula is C20H23NO. The molecular weight excluding hydrogens is 270 g/mol. The SMILES string of the molecule is CC(C)(C)[C@@H]1CO[C@H](c2ccc3c(c2)Cc2ccccc2-3)N1. The highest BCUT2D eigenvalue weighted by Gasteiger charge is 2.34. The average molecular weight is 293 g/mol. The first-order valence-corrected chi connectivity index (χ1v) is 8.11. The smallest absolute Gasteiger partial charge is 0.134 e. The number of hydrogen-bond donors (Lipinski definition) is 1. The van der Waals surface area contributed by atoms with Crippen molar-refractivity contribution in [1.29, 1.82) is 0 Å². The summed E-state index contributed by atoms with van der Waals surface area (Å²) in [6, 6.07) is 15.9. The molecule has 1 fully saturated rings. The monoisotopic (exact) mass is 293 g/mol. The molecule has 1 heterocycles. The zero-order valence-electron chi connectivity index (χ0n) is 13.5. The van der Waals surface area contributed by atoms with Crippen molar-refractivity contribution < 1.29 is 4.74 Å². The Labute approximate surface area is 132 Å². The molecule has 2 aliphatic rings. The van der Waals surface area contributed by atoms with Crippen molar-refractivity contribution in [2.75, 3.05) is 6.61 Å². The van der Waals surface area contributed by atoms with Gasteiger partial charge in [-0.25, -0.2) is 0 Å². The van der Waals surface area contributed by atoms with Crippen molar-refractivity contribution in [2.45, 2.75) is 39.5 Å². The van der Waals surface area contributed by atoms with E-state index in [1.165, 1.54) is 27.8 Å². The van der Waals surface area contributed by atoms with Gasteiger partial charge in [0.15, 0.2) is 0 Å². The third-order valence-corrected chi connectivity index (χ3v) is 4.95. The van der Waals surface area contributed by atoms with Gasteiger partial charge < -0.3 is 4.74 Å². The molecule has 0 spiro atoms. The molecule has 2 atom stereocenters. The highest BCUT2D eigenvalue weighted by molar-refractivity contribution is 5.76. The summed E-state index contributed by atoms with van der Waals surface area (Å²) in [6.45, 7) is 7.56. The maximum atomic E-state index is 6.00. The lowest BCUT2D eigenvalue weighted by atomic mass is 9.87. The van der Waals surface area contributed by atoms with E-state index >= 15 is 0 Å². The summed E-state index contributed by atoms with van der Waals surface area (Å²) in [6.07, 6.45) is 1.06. The van der Waals surface area contributed by atoms with Gasteiger partial charge in [0.05, 0.1) is 6.61 Å². The fourth-order valence-electron chi connectivity index (χ4n) is 3.49. The molecule has 4 rings (SSSR count). The first kappa shape index (κ1) is 14.0. The highest BCUT2D eigenvalue weighted by Crippen LogP contribution is 2.38. The summed E-state index contributed by atoms with van der Waals surface area (Å²) in [7, 11) is 0. The molecule has 22 heavy (non-hydrogen) atoms. The van der Waals surface area contributed by atoms with Gasteiger partial charge in [0.25, 0.3) is 0 Å². The molecule has 1 aliphatic heterocycles. The first-order chi connectivity index (χ1) is 10.5. The normalized spacial score (nSPS) is 23.4. The maximum absolute atomic E-state index is 6.00. The zero-order valence-corrected chi connectivity index (χ0v) is 13.5. The molecule has 0 unspecified atom stereocenters. The molecule has 0 aromatic heterocycles. The van der Waals surface area contributed by atoms with Crippen LogP contribution in [0.15, 0.2) is 42.5 Å². The van der Waals surface area contributed by atoms with Gasteiger partial charge in [-0.3, -0.25) is 5.32 Å². The molecule has 2 heteroatoms. The quantitative estimate of drug-likeness (QED) is 0.722. The van der Waals surface area contributed by atoms with Crippen LogP contribution < -0.4 is 5.32 Å². The van der Waals surface area contributed by atoms with E-state index < -0.39 is 0 Å². The molecule has 1 aliphatic carbocycles. The van der Waals surface area contributed by atoms with E-state index in [9.17, 15) is 0 Å². The van der Waals surface area contributed by atoms with Crippen LogP contribution >= 0.6 is 0 Å². The van der Waals surface area contributed by atoms with Gasteiger partial charge in [0.2, 0.25) is 0 Å². The van der Waals surface area contributed by atoms with Crippen LogP contribution in [0.2, 0.25) is 0 Å². The molecule has 2 aromatic carbocycles. The second kappa shape index (κ2) is 4.94. The highest BCUT2D eigenvalue weighted by atomic mass is 16.5. The molecule has 1 saturated heterocycles. The van der Waals surface area contributed by atoms with Gasteiger partial charge in [-0.2, -0.15) is 0 Å². The van der Waals surface area contributed by atoms with Crippen molar-refractivity contribution in [3.8, 4) is 11.1 Å². The summed E-state index contributed by atoms with van der Waals surface area (Å²) in [5.41, 5.74) is 7.09. The van der Waals surface area contributed by atoms with E-state index in [0.717, 1.165) is 13.0 Å². The van der Waals surface area contributed by atoms with E-state index in [-0.39, 0.29) is 11.6 Å². The number of fused-ring (bicyclic) bond motifs is 3. The second-order valence-electron chi connectivity index (χ2n) is 7.55. The maximum Gasteiger partial charge on any atom is 0.134 e. The largest absolute Gasteiger partial charge is 0.357 e. The molecule has 2 aromatic rings. The van der Waals surface area contributed by atoms with E-state index in [0.29, 0.717) is 6.04 Å². The van der Waals surface area contributed by atoms with Gasteiger partial charge >= 0.3 is 0 Å². The van der Waals surface area contributed by atoms with Gasteiger partial charge in [0, 0.05) is 6.04 Å². The van der Waals surface area contributed by atoms with Gasteiger partial charge in [-0.15, -0.1) is 0 Å². The Kier molecular flexibility index (Phi) is 3.14. The van der Waals surface area contributed by atoms with Gasteiger partial charge in [-0.1, -0.05) is 63.2 Å². The van der Waals surface area contributed by atoms with Crippen LogP contribution in [-0.2, 0) is 11.2 Å². The Morgan fingerprint density at radius 3 is 2.55 bits per heavy atom. The molecule has 0 radical (unpaired) electrons. The average Bonchev–Trinajstić information content (AvgIpc) is 3.11. The van der Waals surface area contributed by atoms with Crippen LogP contribution in [-0.4, -0.2) is 12.6 Å². The van der Waals surface area contributed by atoms with Crippen LogP contribution in [0, 0.1) is 5.41 Å². The van der Waals surface area contributed by atoms with Crippen molar-refractivity contribution in [2.24, 2.45) is 5.41 Å². The molecule has 0 bridgehead atoms. The van der Waals surface area contributed by atoms with Gasteiger partial charge in [-0.05, 0) is 39.7 Å². The fourth-order valence-corrected chi connectivity index (χ4v) is 3.49. The lowest BCUT2D eigenvalue weighted by Crippen LogP contribution is -2.37. The first-order valence-electron chi connectivity index (χ1n) is 8.11. The molecule has 2 nitrogen and oxygen atoms in total. The number of benzene rings is 2. The minimum Gasteiger partial charge on any atom is -0.357 e. The van der Waals surface area contributed by atoms with Crippen LogP contribution in [0.1, 0.15) is 43.7 Å². The Bertz CT molecular complexity index is 714. The van der Waals surface area contributed by atoms with E-state index in [1.807, 2.05) is 0 Å². The predicted octanol–water partition coefficient (Wildman–Crippen LogP) is 4.29. The van der Waals surface area contributed by atoms with Crippen molar-refractivity contribution in [3.63, 3.8) is 0 Å². The summed E-state index contributed by atoms with van der Waals surface area (Å²) in [5, 5.41) is 3.64. The predicted molar refractivity (Wildman–Crippen MR) is 89.8 cm³/mol. The molecule has 114 valence electrons. The summed E-state index contributed by atoms with van der Waals surface area (Å²) in [4.78, 5) is 0. The number of hydrogen-bond acceptors (Lipinski definition) is 2. The van der Waals surface area contributed by atoms with Gasteiger partial charge in [0.1, 0.15) is 6.23 Å². The fraction of sp³-hybridized carbons (Fsp3) is 0.400. The second-order valence-corrected chi connectivity index (χ2v) is 7.55. The van der Waals surface area contributed by atoms with Crippen LogP contribution in [0.3, 0.4) is 0 Å². The third-order valence-electron chi connectivity index (χ3n) is 4.95. The topological polar surface area (TPSA) is 21.3 Å². The third kappa shape index (κ3) is 2.27. The van der Waals surface area contributed by atoms with Crippen LogP contribution in [0.5, 0.6) is 0 Å². The molecule has 0 saturated carbocycles. The lowest BCUT2D eigenvalue weighted by Gasteiger charge is -2.26. The molecule has 1 N–H and O–H groups in total. The van der Waals surface area contributed by atoms with Crippen LogP contribution in [0.4, 0.5) is 0 Å². The molecule has 0 amide bonds. The Balaban J connectivity index is 1.61. The zero-order chi connectivity index (χ0) is 15.3. The number of rotatable bonds is 1. The van der Waals surface area contributed by atoms with Crippen LogP contribution in [0.25, 0.3) is 11.1 Å². The summed E-state index contributed by atoms with van der Waals surface area (Å²) in [5.74, 6) is 0. The summed E-state index contributed by atoms with van der Waals surface area (Å²) >= 11 is 0. The van der Waals surface area contributed by atoms with E-state index in [1.54, 1.807) is 0 Å². The minimum absolute atomic E-state index is 0.0261. The lowest BCUT2D eigenvalue weighted by molar-refractivity contribution is 0.0982. The van der Waals surface area contributed by atoms with E-state index in [2.05, 4.69) is 68.6 Å². The van der Waals surface area contributed by atoms with Crippen molar-refractivity contribution in [1.82, 2.24) is 5.32 Å². The Morgan fingerprint density at radius 1 is 1.00 bits per heavy atom.